The van der Waals surface area contributed by atoms with Gasteiger partial charge in [-0.1, -0.05) is 33.6 Å². The number of rotatable bonds is 8. The lowest BCUT2D eigenvalue weighted by Crippen LogP contribution is -2.44. The van der Waals surface area contributed by atoms with Gasteiger partial charge in [0.1, 0.15) is 5.82 Å². The summed E-state index contributed by atoms with van der Waals surface area (Å²) < 4.78 is 0. The van der Waals surface area contributed by atoms with E-state index in [4.69, 9.17) is 0 Å². The summed E-state index contributed by atoms with van der Waals surface area (Å²) in [4.78, 5) is 20.1. The van der Waals surface area contributed by atoms with Gasteiger partial charge in [-0.2, -0.15) is 0 Å². The summed E-state index contributed by atoms with van der Waals surface area (Å²) >= 11 is 0. The highest BCUT2D eigenvalue weighted by atomic mass is 16.3. The number of nitrogens with one attached hydrogen (secondary N) is 2. The molecule has 0 unspecified atom stereocenters. The number of aryl methyl sites for hydroxylation is 1. The molecule has 6 nitrogen and oxygen atoms in total. The first-order valence-electron chi connectivity index (χ1n) is 7.61. The first-order chi connectivity index (χ1) is 10.0. The van der Waals surface area contributed by atoms with E-state index in [0.29, 0.717) is 18.5 Å². The highest BCUT2D eigenvalue weighted by Gasteiger charge is 2.25. The second-order valence-electron chi connectivity index (χ2n) is 5.27. The monoisotopic (exact) mass is 294 g/mol. The summed E-state index contributed by atoms with van der Waals surface area (Å²) in [5, 5.41) is 15.8. The molecule has 0 aliphatic rings. The largest absolute Gasteiger partial charge is 0.388 e. The average molecular weight is 294 g/mol. The van der Waals surface area contributed by atoms with Gasteiger partial charge in [0.25, 0.3) is 0 Å². The van der Waals surface area contributed by atoms with E-state index in [1.165, 1.54) is 0 Å². The zero-order valence-electron chi connectivity index (χ0n) is 13.1. The lowest BCUT2D eigenvalue weighted by Gasteiger charge is -2.27. The van der Waals surface area contributed by atoms with Crippen LogP contribution < -0.4 is 10.6 Å². The number of hydrogen-bond acceptors (Lipinski definition) is 4. The number of amides is 2. The molecular formula is C15H26N4O2. The molecule has 0 atom stereocenters. The molecule has 1 heterocycles. The van der Waals surface area contributed by atoms with Crippen LogP contribution in [0.25, 0.3) is 0 Å². The van der Waals surface area contributed by atoms with E-state index in [2.05, 4.69) is 20.6 Å². The lowest BCUT2D eigenvalue weighted by atomic mass is 9.93. The van der Waals surface area contributed by atoms with Crippen molar-refractivity contribution >= 4 is 11.7 Å². The number of anilines is 1. The third kappa shape index (κ3) is 6.08. The molecule has 0 saturated heterocycles. The van der Waals surface area contributed by atoms with Crippen LogP contribution in [0, 0.1) is 0 Å². The molecule has 0 saturated carbocycles. The second-order valence-corrected chi connectivity index (χ2v) is 5.27. The predicted octanol–water partition coefficient (Wildman–Crippen LogP) is 2.49. The van der Waals surface area contributed by atoms with Crippen molar-refractivity contribution in [3.63, 3.8) is 0 Å². The molecular weight excluding hydrogens is 268 g/mol. The fourth-order valence-electron chi connectivity index (χ4n) is 2.25. The Morgan fingerprint density at radius 2 is 1.76 bits per heavy atom. The van der Waals surface area contributed by atoms with Crippen molar-refractivity contribution in [1.29, 1.82) is 0 Å². The van der Waals surface area contributed by atoms with E-state index in [1.807, 2.05) is 20.8 Å². The minimum Gasteiger partial charge on any atom is -0.388 e. The summed E-state index contributed by atoms with van der Waals surface area (Å²) in [5.41, 5.74) is -0.289. The van der Waals surface area contributed by atoms with Crippen molar-refractivity contribution in [3.05, 3.63) is 18.2 Å². The van der Waals surface area contributed by atoms with Crippen LogP contribution in [0.4, 0.5) is 10.5 Å². The van der Waals surface area contributed by atoms with Crippen LogP contribution in [-0.4, -0.2) is 33.3 Å². The number of aromatic nitrogens is 2. The van der Waals surface area contributed by atoms with Crippen LogP contribution in [0.5, 0.6) is 0 Å². The fraction of sp³-hybridized carbons (Fsp3) is 0.667. The van der Waals surface area contributed by atoms with Gasteiger partial charge in [0.15, 0.2) is 0 Å². The molecule has 6 heteroatoms. The molecule has 1 aromatic heterocycles. The van der Waals surface area contributed by atoms with E-state index < -0.39 is 5.60 Å². The minimum absolute atomic E-state index is 0.244. The maximum Gasteiger partial charge on any atom is 0.319 e. The SMILES string of the molecule is CCCC(O)(CCC)CNC(=O)Nc1cnc(CC)nc1. The normalized spacial score (nSPS) is 11.2. The van der Waals surface area contributed by atoms with Gasteiger partial charge in [-0.05, 0) is 12.8 Å². The molecule has 0 aromatic carbocycles. The molecule has 0 fully saturated rings. The van der Waals surface area contributed by atoms with Crippen molar-refractivity contribution in [2.45, 2.75) is 58.5 Å². The minimum atomic E-state index is -0.830. The quantitative estimate of drug-likeness (QED) is 0.687. The van der Waals surface area contributed by atoms with Gasteiger partial charge in [-0.3, -0.25) is 0 Å². The number of hydrogen-bond donors (Lipinski definition) is 3. The third-order valence-electron chi connectivity index (χ3n) is 3.29. The van der Waals surface area contributed by atoms with Crippen molar-refractivity contribution in [2.75, 3.05) is 11.9 Å². The molecule has 0 aliphatic carbocycles. The maximum absolute atomic E-state index is 11.8. The van der Waals surface area contributed by atoms with Gasteiger partial charge in [0.05, 0.1) is 23.7 Å². The summed E-state index contributed by atoms with van der Waals surface area (Å²) in [6.07, 6.45) is 7.03. The van der Waals surface area contributed by atoms with Crippen LogP contribution in [0.1, 0.15) is 52.3 Å². The summed E-state index contributed by atoms with van der Waals surface area (Å²) in [6, 6.07) is -0.353. The molecule has 0 radical (unpaired) electrons. The van der Waals surface area contributed by atoms with E-state index in [-0.39, 0.29) is 12.6 Å². The molecule has 1 aromatic rings. The molecule has 0 bridgehead atoms. The van der Waals surface area contributed by atoms with E-state index in [9.17, 15) is 9.90 Å². The predicted molar refractivity (Wildman–Crippen MR) is 83.2 cm³/mol. The van der Waals surface area contributed by atoms with E-state index >= 15 is 0 Å². The van der Waals surface area contributed by atoms with Crippen molar-refractivity contribution < 1.29 is 9.90 Å². The van der Waals surface area contributed by atoms with Gasteiger partial charge < -0.3 is 15.7 Å². The molecule has 0 aliphatic heterocycles. The molecule has 0 spiro atoms. The fourth-order valence-corrected chi connectivity index (χ4v) is 2.25. The Bertz CT molecular complexity index is 428. The summed E-state index contributed by atoms with van der Waals surface area (Å²) in [7, 11) is 0. The van der Waals surface area contributed by atoms with Gasteiger partial charge in [0.2, 0.25) is 0 Å². The second kappa shape index (κ2) is 8.56. The van der Waals surface area contributed by atoms with E-state index in [1.54, 1.807) is 12.4 Å². The summed E-state index contributed by atoms with van der Waals surface area (Å²) in [5.74, 6) is 0.737. The first-order valence-corrected chi connectivity index (χ1v) is 7.61. The zero-order valence-corrected chi connectivity index (χ0v) is 13.1. The van der Waals surface area contributed by atoms with E-state index in [0.717, 1.165) is 25.1 Å². The molecule has 1 rings (SSSR count). The van der Waals surface area contributed by atoms with Gasteiger partial charge in [-0.25, -0.2) is 14.8 Å². The summed E-state index contributed by atoms with van der Waals surface area (Å²) in [6.45, 7) is 6.26. The molecule has 3 N–H and O–H groups in total. The van der Waals surface area contributed by atoms with Crippen LogP contribution in [0.2, 0.25) is 0 Å². The average Bonchev–Trinajstić information content (AvgIpc) is 2.47. The number of carbonyl (C=O) groups is 1. The highest BCUT2D eigenvalue weighted by molar-refractivity contribution is 5.88. The Hall–Kier alpha value is -1.69. The maximum atomic E-state index is 11.8. The molecule has 2 amide bonds. The lowest BCUT2D eigenvalue weighted by molar-refractivity contribution is 0.0245. The Morgan fingerprint density at radius 3 is 2.24 bits per heavy atom. The first kappa shape index (κ1) is 17.4. The van der Waals surface area contributed by atoms with Crippen molar-refractivity contribution in [3.8, 4) is 0 Å². The van der Waals surface area contributed by atoms with Crippen LogP contribution in [0.3, 0.4) is 0 Å². The van der Waals surface area contributed by atoms with Gasteiger partial charge in [0, 0.05) is 13.0 Å². The topological polar surface area (TPSA) is 87.1 Å². The van der Waals surface area contributed by atoms with Crippen LogP contribution in [-0.2, 0) is 6.42 Å². The molecule has 118 valence electrons. The number of aliphatic hydroxyl groups is 1. The standard InChI is InChI=1S/C15H26N4O2/c1-4-7-15(21,8-5-2)11-18-14(20)19-12-9-16-13(6-3)17-10-12/h9-10,21H,4-8,11H2,1-3H3,(H2,18,19,20). The number of carbonyl (C=O) groups excluding carboxylic acids is 1. The zero-order chi connectivity index (χ0) is 15.7. The smallest absolute Gasteiger partial charge is 0.319 e. The van der Waals surface area contributed by atoms with Crippen LogP contribution >= 0.6 is 0 Å². The van der Waals surface area contributed by atoms with Crippen molar-refractivity contribution in [1.82, 2.24) is 15.3 Å². The van der Waals surface area contributed by atoms with Crippen LogP contribution in [0.15, 0.2) is 12.4 Å². The Balaban J connectivity index is 2.48. The Kier molecular flexibility index (Phi) is 7.08. The van der Waals surface area contributed by atoms with Gasteiger partial charge >= 0.3 is 6.03 Å². The highest BCUT2D eigenvalue weighted by Crippen LogP contribution is 2.18. The number of nitrogens with zero attached hydrogens (tertiary/aromatic N) is 2. The Morgan fingerprint density at radius 1 is 1.19 bits per heavy atom. The van der Waals surface area contributed by atoms with Crippen molar-refractivity contribution in [2.24, 2.45) is 0 Å². The Labute approximate surface area is 126 Å². The molecule has 21 heavy (non-hydrogen) atoms. The number of urea groups is 1. The van der Waals surface area contributed by atoms with Gasteiger partial charge in [-0.15, -0.1) is 0 Å². The third-order valence-corrected chi connectivity index (χ3v) is 3.29.